The number of unbranched alkanes of at least 4 members (excludes halogenated alkanes) is 1. The molecule has 0 bridgehead atoms. The predicted molar refractivity (Wildman–Crippen MR) is 107 cm³/mol. The molecule has 0 unspecified atom stereocenters. The SMILES string of the molecule is CCCCN1C[C@H](C)N(SI)C[C@@H]1CS(=O)(=O)c1ccccc1. The first kappa shape index (κ1) is 19.5. The van der Waals surface area contributed by atoms with Crippen LogP contribution >= 0.6 is 30.3 Å². The Hall–Kier alpha value is 0.170. The summed E-state index contributed by atoms with van der Waals surface area (Å²) in [5, 5.41) is 0. The Kier molecular flexibility index (Phi) is 7.65. The first-order chi connectivity index (χ1) is 11.0. The van der Waals surface area contributed by atoms with Gasteiger partial charge in [-0.05, 0) is 41.1 Å². The van der Waals surface area contributed by atoms with Crippen LogP contribution in [0.2, 0.25) is 0 Å². The summed E-state index contributed by atoms with van der Waals surface area (Å²) in [5.41, 5.74) is 0. The van der Waals surface area contributed by atoms with Crippen molar-refractivity contribution >= 4 is 40.2 Å². The third-order valence-electron chi connectivity index (χ3n) is 4.30. The Morgan fingerprint density at radius 1 is 1.26 bits per heavy atom. The molecule has 2 atom stereocenters. The molecule has 1 saturated heterocycles. The number of rotatable bonds is 7. The van der Waals surface area contributed by atoms with Gasteiger partial charge in [0.25, 0.3) is 0 Å². The molecule has 1 fully saturated rings. The summed E-state index contributed by atoms with van der Waals surface area (Å²) in [6, 6.07) is 9.33. The minimum absolute atomic E-state index is 0.0604. The van der Waals surface area contributed by atoms with Gasteiger partial charge in [-0.3, -0.25) is 4.90 Å². The molecule has 0 saturated carbocycles. The molecule has 1 aromatic carbocycles. The van der Waals surface area contributed by atoms with Crippen LogP contribution in [0, 0.1) is 0 Å². The summed E-state index contributed by atoms with van der Waals surface area (Å²) in [6.45, 7) is 7.10. The maximum Gasteiger partial charge on any atom is 0.179 e. The van der Waals surface area contributed by atoms with Gasteiger partial charge >= 0.3 is 0 Å². The van der Waals surface area contributed by atoms with Crippen LogP contribution < -0.4 is 0 Å². The Morgan fingerprint density at radius 3 is 2.57 bits per heavy atom. The second-order valence-electron chi connectivity index (χ2n) is 6.11. The molecule has 130 valence electrons. The van der Waals surface area contributed by atoms with E-state index in [1.165, 1.54) is 0 Å². The molecular weight excluding hydrogens is 443 g/mol. The van der Waals surface area contributed by atoms with E-state index in [4.69, 9.17) is 0 Å². The number of nitrogens with zero attached hydrogens (tertiary/aromatic N) is 2. The van der Waals surface area contributed by atoms with Crippen LogP contribution in [0.15, 0.2) is 35.2 Å². The van der Waals surface area contributed by atoms with Gasteiger partial charge in [0.2, 0.25) is 0 Å². The van der Waals surface area contributed by atoms with Crippen LogP contribution in [0.4, 0.5) is 0 Å². The molecule has 1 aromatic rings. The van der Waals surface area contributed by atoms with Crippen molar-refractivity contribution in [1.29, 1.82) is 0 Å². The Labute approximate surface area is 156 Å². The first-order valence-electron chi connectivity index (χ1n) is 8.05. The zero-order valence-electron chi connectivity index (χ0n) is 13.7. The van der Waals surface area contributed by atoms with Crippen molar-refractivity contribution in [2.75, 3.05) is 25.4 Å². The second-order valence-corrected chi connectivity index (χ2v) is 9.94. The summed E-state index contributed by atoms with van der Waals surface area (Å²) < 4.78 is 27.8. The largest absolute Gasteiger partial charge is 0.296 e. The topological polar surface area (TPSA) is 40.6 Å². The lowest BCUT2D eigenvalue weighted by molar-refractivity contribution is 0.101. The molecule has 1 aliphatic rings. The molecule has 0 spiro atoms. The number of piperazine rings is 1. The van der Waals surface area contributed by atoms with E-state index in [-0.39, 0.29) is 11.8 Å². The zero-order chi connectivity index (χ0) is 16.9. The summed E-state index contributed by atoms with van der Waals surface area (Å²) >= 11 is 2.29. The van der Waals surface area contributed by atoms with Crippen LogP contribution in [-0.4, -0.2) is 55.1 Å². The normalized spacial score (nSPS) is 24.0. The van der Waals surface area contributed by atoms with E-state index < -0.39 is 9.84 Å². The molecular formula is C16H25IN2O2S2. The van der Waals surface area contributed by atoms with E-state index in [2.05, 4.69) is 44.3 Å². The molecule has 0 N–H and O–H groups in total. The van der Waals surface area contributed by atoms with Crippen LogP contribution in [0.25, 0.3) is 0 Å². The highest BCUT2D eigenvalue weighted by molar-refractivity contribution is 14.2. The van der Waals surface area contributed by atoms with Crippen molar-refractivity contribution in [3.63, 3.8) is 0 Å². The molecule has 0 aliphatic carbocycles. The molecule has 0 aromatic heterocycles. The Balaban J connectivity index is 2.15. The predicted octanol–water partition coefficient (Wildman–Crippen LogP) is 3.63. The molecule has 0 amide bonds. The average Bonchev–Trinajstić information content (AvgIpc) is 2.55. The van der Waals surface area contributed by atoms with Crippen molar-refractivity contribution in [3.8, 4) is 0 Å². The quantitative estimate of drug-likeness (QED) is 0.452. The number of hydrogen-bond acceptors (Lipinski definition) is 5. The molecule has 7 heteroatoms. The maximum atomic E-state index is 12.7. The lowest BCUT2D eigenvalue weighted by Crippen LogP contribution is -2.57. The summed E-state index contributed by atoms with van der Waals surface area (Å²) in [7, 11) is -1.56. The lowest BCUT2D eigenvalue weighted by atomic mass is 10.1. The Bertz CT molecular complexity index is 583. The smallest absolute Gasteiger partial charge is 0.179 e. The number of sulfone groups is 1. The zero-order valence-corrected chi connectivity index (χ0v) is 17.5. The van der Waals surface area contributed by atoms with Gasteiger partial charge in [0.05, 0.1) is 10.6 Å². The number of halogens is 1. The van der Waals surface area contributed by atoms with Crippen molar-refractivity contribution in [2.24, 2.45) is 0 Å². The minimum atomic E-state index is -3.25. The van der Waals surface area contributed by atoms with Gasteiger partial charge in [0, 0.05) is 46.4 Å². The van der Waals surface area contributed by atoms with Gasteiger partial charge in [-0.1, -0.05) is 31.5 Å². The monoisotopic (exact) mass is 468 g/mol. The molecule has 1 heterocycles. The van der Waals surface area contributed by atoms with Crippen LogP contribution in [0.5, 0.6) is 0 Å². The lowest BCUT2D eigenvalue weighted by Gasteiger charge is -2.43. The maximum absolute atomic E-state index is 12.7. The van der Waals surface area contributed by atoms with Crippen molar-refractivity contribution in [2.45, 2.75) is 43.7 Å². The number of benzene rings is 1. The van der Waals surface area contributed by atoms with Gasteiger partial charge in [0.15, 0.2) is 9.84 Å². The molecule has 0 radical (unpaired) electrons. The fourth-order valence-corrected chi connectivity index (χ4v) is 6.61. The fourth-order valence-electron chi connectivity index (χ4n) is 2.95. The van der Waals surface area contributed by atoms with E-state index >= 15 is 0 Å². The minimum Gasteiger partial charge on any atom is -0.296 e. The molecule has 2 rings (SSSR count). The molecule has 23 heavy (non-hydrogen) atoms. The summed E-state index contributed by atoms with van der Waals surface area (Å²) in [4.78, 5) is 2.81. The van der Waals surface area contributed by atoms with E-state index in [1.807, 2.05) is 6.07 Å². The highest BCUT2D eigenvalue weighted by Gasteiger charge is 2.34. The number of hydrogen-bond donors (Lipinski definition) is 0. The van der Waals surface area contributed by atoms with Crippen molar-refractivity contribution < 1.29 is 8.42 Å². The van der Waals surface area contributed by atoms with Gasteiger partial charge in [0.1, 0.15) is 0 Å². The van der Waals surface area contributed by atoms with Crippen LogP contribution in [0.1, 0.15) is 26.7 Å². The van der Waals surface area contributed by atoms with E-state index in [9.17, 15) is 8.42 Å². The molecule has 4 nitrogen and oxygen atoms in total. The standard InChI is InChI=1S/C16H25IN2O2S2/c1-3-4-10-18-11-14(2)19(22-17)12-15(18)13-23(20,21)16-8-6-5-7-9-16/h5-9,14-15H,3-4,10-13H2,1-2H3/t14-,15+/m0/s1. The first-order valence-corrected chi connectivity index (χ1v) is 13.0. The van der Waals surface area contributed by atoms with E-state index in [0.717, 1.165) is 32.5 Å². The van der Waals surface area contributed by atoms with E-state index in [1.54, 1.807) is 33.4 Å². The van der Waals surface area contributed by atoms with Crippen molar-refractivity contribution in [1.82, 2.24) is 9.21 Å². The van der Waals surface area contributed by atoms with Gasteiger partial charge < -0.3 is 0 Å². The highest BCUT2D eigenvalue weighted by atomic mass is 127. The third-order valence-corrected chi connectivity index (χ3v) is 8.32. The highest BCUT2D eigenvalue weighted by Crippen LogP contribution is 2.28. The van der Waals surface area contributed by atoms with Crippen LogP contribution in [0.3, 0.4) is 0 Å². The van der Waals surface area contributed by atoms with Crippen LogP contribution in [-0.2, 0) is 9.84 Å². The Morgan fingerprint density at radius 2 is 1.96 bits per heavy atom. The fraction of sp³-hybridized carbons (Fsp3) is 0.625. The molecule has 1 aliphatic heterocycles. The van der Waals surface area contributed by atoms with Gasteiger partial charge in [-0.25, -0.2) is 12.7 Å². The van der Waals surface area contributed by atoms with Gasteiger partial charge in [-0.15, -0.1) is 0 Å². The van der Waals surface area contributed by atoms with Crippen molar-refractivity contribution in [3.05, 3.63) is 30.3 Å². The summed E-state index contributed by atoms with van der Waals surface area (Å²) in [5.74, 6) is 0.196. The summed E-state index contributed by atoms with van der Waals surface area (Å²) in [6.07, 6.45) is 2.25. The second kappa shape index (κ2) is 9.03. The van der Waals surface area contributed by atoms with E-state index in [0.29, 0.717) is 10.9 Å². The van der Waals surface area contributed by atoms with Gasteiger partial charge in [-0.2, -0.15) is 0 Å². The average molecular weight is 468 g/mol. The third kappa shape index (κ3) is 5.32.